The summed E-state index contributed by atoms with van der Waals surface area (Å²) in [6, 6.07) is 19.1. The Morgan fingerprint density at radius 2 is 1.80 bits per heavy atom. The highest BCUT2D eigenvalue weighted by atomic mass is 35.5. The van der Waals surface area contributed by atoms with Gasteiger partial charge in [-0.25, -0.2) is 18.2 Å². The first-order valence-corrected chi connectivity index (χ1v) is 16.7. The molecule has 0 atom stereocenters. The highest BCUT2D eigenvalue weighted by Crippen LogP contribution is 2.37. The number of carbonyl (C=O) groups excluding carboxylic acids is 2. The van der Waals surface area contributed by atoms with Crippen molar-refractivity contribution >= 4 is 61.7 Å². The summed E-state index contributed by atoms with van der Waals surface area (Å²) in [6.07, 6.45) is 4.19. The number of aromatic nitrogens is 1. The zero-order valence-corrected chi connectivity index (χ0v) is 26.7. The van der Waals surface area contributed by atoms with Crippen LogP contribution in [0.2, 0.25) is 5.02 Å². The highest BCUT2D eigenvalue weighted by Gasteiger charge is 2.29. The monoisotopic (exact) mass is 661 g/mol. The van der Waals surface area contributed by atoms with Gasteiger partial charge in [-0.2, -0.15) is 4.31 Å². The fraction of sp³-hybridized carbons (Fsp3) is 0.265. The average molecular weight is 662 g/mol. The van der Waals surface area contributed by atoms with Crippen LogP contribution in [0.25, 0.3) is 22.6 Å². The largest absolute Gasteiger partial charge is 0.495 e. The molecule has 1 N–H and O–H groups in total. The van der Waals surface area contributed by atoms with Crippen LogP contribution in [0.3, 0.4) is 0 Å². The van der Waals surface area contributed by atoms with E-state index in [1.54, 1.807) is 0 Å². The minimum absolute atomic E-state index is 0.00183. The van der Waals surface area contributed by atoms with Gasteiger partial charge in [-0.1, -0.05) is 48.0 Å². The van der Waals surface area contributed by atoms with Gasteiger partial charge >= 0.3 is 5.97 Å². The van der Waals surface area contributed by atoms with Crippen molar-refractivity contribution in [3.05, 3.63) is 94.1 Å². The molecule has 1 aliphatic heterocycles. The first-order valence-electron chi connectivity index (χ1n) is 14.9. The molecule has 1 fully saturated rings. The molecule has 10 nitrogen and oxygen atoms in total. The maximum Gasteiger partial charge on any atom is 0.339 e. The van der Waals surface area contributed by atoms with Crippen LogP contribution in [0, 0.1) is 0 Å². The van der Waals surface area contributed by atoms with Crippen molar-refractivity contribution in [3.8, 4) is 5.75 Å². The van der Waals surface area contributed by atoms with E-state index in [0.717, 1.165) is 29.5 Å². The van der Waals surface area contributed by atoms with Crippen molar-refractivity contribution in [2.75, 3.05) is 45.3 Å². The number of pyridine rings is 1. The lowest BCUT2D eigenvalue weighted by molar-refractivity contribution is -0.119. The first-order chi connectivity index (χ1) is 22.3. The van der Waals surface area contributed by atoms with Gasteiger partial charge in [-0.05, 0) is 72.4 Å². The lowest BCUT2D eigenvalue weighted by atomic mass is 9.86. The second-order valence-corrected chi connectivity index (χ2v) is 13.2. The topological polar surface area (TPSA) is 124 Å². The number of esters is 1. The number of hydrogen-bond acceptors (Lipinski definition) is 8. The number of hydrogen-bond donors (Lipinski definition) is 1. The predicted molar refractivity (Wildman–Crippen MR) is 175 cm³/mol. The van der Waals surface area contributed by atoms with Gasteiger partial charge < -0.3 is 19.5 Å². The minimum Gasteiger partial charge on any atom is -0.495 e. The van der Waals surface area contributed by atoms with Gasteiger partial charge in [0.2, 0.25) is 10.0 Å². The zero-order chi connectivity index (χ0) is 32.3. The van der Waals surface area contributed by atoms with E-state index in [9.17, 15) is 18.0 Å². The van der Waals surface area contributed by atoms with Crippen LogP contribution in [-0.4, -0.2) is 69.6 Å². The number of anilines is 1. The first kappa shape index (κ1) is 31.7. The van der Waals surface area contributed by atoms with Gasteiger partial charge in [0.1, 0.15) is 5.75 Å². The summed E-state index contributed by atoms with van der Waals surface area (Å²) in [5.74, 6) is -1.05. The highest BCUT2D eigenvalue weighted by molar-refractivity contribution is 7.89. The van der Waals surface area contributed by atoms with E-state index in [0.29, 0.717) is 46.8 Å². The molecule has 0 spiro atoms. The maximum atomic E-state index is 13.7. The molecule has 6 rings (SSSR count). The van der Waals surface area contributed by atoms with Crippen molar-refractivity contribution < 1.29 is 32.2 Å². The summed E-state index contributed by atoms with van der Waals surface area (Å²) in [7, 11) is -2.41. The maximum absolute atomic E-state index is 13.7. The molecule has 12 heteroatoms. The minimum atomic E-state index is -3.82. The van der Waals surface area contributed by atoms with Crippen molar-refractivity contribution in [2.45, 2.75) is 24.2 Å². The number of morpholine rings is 1. The number of carbonyl (C=O) groups is 2. The van der Waals surface area contributed by atoms with Crippen LogP contribution in [0.4, 0.5) is 5.69 Å². The molecule has 46 heavy (non-hydrogen) atoms. The normalized spacial score (nSPS) is 16.2. The number of nitrogens with zero attached hydrogens (tertiary/aromatic N) is 2. The number of allylic oxidation sites excluding steroid dienone is 1. The quantitative estimate of drug-likeness (QED) is 0.243. The summed E-state index contributed by atoms with van der Waals surface area (Å²) < 4.78 is 43.9. The van der Waals surface area contributed by atoms with Gasteiger partial charge in [-0.15, -0.1) is 0 Å². The molecule has 3 aromatic carbocycles. The smallest absolute Gasteiger partial charge is 0.339 e. The third-order valence-corrected chi connectivity index (χ3v) is 10.2. The zero-order valence-electron chi connectivity index (χ0n) is 25.1. The summed E-state index contributed by atoms with van der Waals surface area (Å²) in [6.45, 7) is 0.474. The standard InChI is InChI=1S/C34H32ClN3O7S/c1-43-30-14-13-24(46(41,42)38-15-17-44-18-16-38)20-29(30)36-31(39)21-45-34(40)32-25-9-3-5-12-28(25)37-33-23(8-6-10-26(32)33)19-22-7-2-4-11-27(22)35/h2-5,7,9,11-14,19-20H,6,8,10,15-18,21H2,1H3,(H,36,39)/b23-19+. The van der Waals surface area contributed by atoms with E-state index in [4.69, 9.17) is 30.8 Å². The van der Waals surface area contributed by atoms with Crippen LogP contribution in [0.15, 0.2) is 71.6 Å². The number of methoxy groups -OCH3 is 1. The van der Waals surface area contributed by atoms with Crippen molar-refractivity contribution in [1.82, 2.24) is 9.29 Å². The third-order valence-electron chi connectivity index (χ3n) is 8.00. The molecule has 1 aliphatic carbocycles. The average Bonchev–Trinajstić information content (AvgIpc) is 3.07. The molecule has 238 valence electrons. The summed E-state index contributed by atoms with van der Waals surface area (Å²) in [5.41, 5.74) is 4.44. The van der Waals surface area contributed by atoms with Crippen LogP contribution in [0.1, 0.15) is 40.0 Å². The molecule has 2 aliphatic rings. The van der Waals surface area contributed by atoms with Gasteiger partial charge in [0.15, 0.2) is 6.61 Å². The van der Waals surface area contributed by atoms with E-state index in [1.165, 1.54) is 29.6 Å². The van der Waals surface area contributed by atoms with E-state index in [1.807, 2.05) is 54.6 Å². The number of fused-ring (bicyclic) bond motifs is 2. The van der Waals surface area contributed by atoms with Crippen molar-refractivity contribution in [1.29, 1.82) is 0 Å². The molecule has 0 unspecified atom stereocenters. The van der Waals surface area contributed by atoms with E-state index in [2.05, 4.69) is 5.32 Å². The second kappa shape index (κ2) is 13.6. The number of para-hydroxylation sites is 1. The molecular weight excluding hydrogens is 630 g/mol. The molecule has 0 saturated carbocycles. The molecule has 2 heterocycles. The van der Waals surface area contributed by atoms with Crippen LogP contribution in [-0.2, 0) is 30.7 Å². The number of rotatable bonds is 8. The number of nitrogens with one attached hydrogen (secondary N) is 1. The Hall–Kier alpha value is -4.29. The fourth-order valence-corrected chi connectivity index (χ4v) is 7.38. The molecule has 1 aromatic heterocycles. The molecule has 0 radical (unpaired) electrons. The van der Waals surface area contributed by atoms with Crippen LogP contribution in [0.5, 0.6) is 5.75 Å². The summed E-state index contributed by atoms with van der Waals surface area (Å²) in [5, 5.41) is 3.89. The van der Waals surface area contributed by atoms with Crippen LogP contribution < -0.4 is 10.1 Å². The molecule has 1 amide bonds. The van der Waals surface area contributed by atoms with Crippen LogP contribution >= 0.6 is 11.6 Å². The van der Waals surface area contributed by atoms with Gasteiger partial charge in [0, 0.05) is 23.5 Å². The van der Waals surface area contributed by atoms with E-state index >= 15 is 0 Å². The van der Waals surface area contributed by atoms with Gasteiger partial charge in [0.05, 0.1) is 47.7 Å². The molecular formula is C34H32ClN3O7S. The number of ether oxygens (including phenoxy) is 3. The lowest BCUT2D eigenvalue weighted by Crippen LogP contribution is -2.40. The Morgan fingerprint density at radius 3 is 2.59 bits per heavy atom. The lowest BCUT2D eigenvalue weighted by Gasteiger charge is -2.26. The Kier molecular flexibility index (Phi) is 9.37. The number of halogens is 1. The number of sulfonamides is 1. The van der Waals surface area contributed by atoms with Gasteiger partial charge in [-0.3, -0.25) is 4.79 Å². The Labute approximate surface area is 272 Å². The third kappa shape index (κ3) is 6.50. The number of amides is 1. The Morgan fingerprint density at radius 1 is 1.04 bits per heavy atom. The molecule has 4 aromatic rings. The van der Waals surface area contributed by atoms with Crippen molar-refractivity contribution in [2.24, 2.45) is 0 Å². The summed E-state index contributed by atoms with van der Waals surface area (Å²) in [4.78, 5) is 31.7. The SMILES string of the molecule is COc1ccc(S(=O)(=O)N2CCOCC2)cc1NC(=O)COC(=O)c1c2c(nc3ccccc13)/C(=C/c1ccccc1Cl)CCC2. The van der Waals surface area contributed by atoms with Crippen molar-refractivity contribution in [3.63, 3.8) is 0 Å². The number of benzene rings is 3. The summed E-state index contributed by atoms with van der Waals surface area (Å²) >= 11 is 6.44. The van der Waals surface area contributed by atoms with E-state index in [-0.39, 0.29) is 29.4 Å². The Bertz CT molecular complexity index is 1960. The molecule has 1 saturated heterocycles. The van der Waals surface area contributed by atoms with Gasteiger partial charge in [0.25, 0.3) is 5.91 Å². The fourth-order valence-electron chi connectivity index (χ4n) is 5.76. The second-order valence-electron chi connectivity index (χ2n) is 10.9. The Balaban J connectivity index is 1.25. The molecule has 0 bridgehead atoms. The predicted octanol–water partition coefficient (Wildman–Crippen LogP) is 5.59. The van der Waals surface area contributed by atoms with E-state index < -0.39 is 28.5 Å².